The second kappa shape index (κ2) is 8.17. The lowest BCUT2D eigenvalue weighted by Crippen LogP contribution is -2.26. The lowest BCUT2D eigenvalue weighted by Gasteiger charge is -2.09. The summed E-state index contributed by atoms with van der Waals surface area (Å²) in [5.74, 6) is 5.87. The van der Waals surface area contributed by atoms with Gasteiger partial charge in [-0.25, -0.2) is 4.57 Å². The van der Waals surface area contributed by atoms with E-state index in [-0.39, 0.29) is 0 Å². The van der Waals surface area contributed by atoms with Crippen LogP contribution in [0.2, 0.25) is 0 Å². The summed E-state index contributed by atoms with van der Waals surface area (Å²) in [6, 6.07) is 26.1. The molecule has 0 N–H and O–H groups in total. The zero-order chi connectivity index (χ0) is 22.7. The van der Waals surface area contributed by atoms with Crippen molar-refractivity contribution in [3.8, 4) is 45.2 Å². The van der Waals surface area contributed by atoms with Gasteiger partial charge < -0.3 is 0 Å². The van der Waals surface area contributed by atoms with Gasteiger partial charge in [0.05, 0.1) is 0 Å². The average molecular weight is 378 g/mol. The first kappa shape index (κ1) is 15.3. The van der Waals surface area contributed by atoms with Crippen LogP contribution in [0.15, 0.2) is 91.3 Å². The predicted octanol–water partition coefficient (Wildman–Crippen LogP) is 6.19. The maximum Gasteiger partial charge on any atom is 0.176 e. The Labute approximate surface area is 177 Å². The molecule has 0 spiro atoms. The smallest absolute Gasteiger partial charge is 0.176 e. The van der Waals surface area contributed by atoms with E-state index in [0.29, 0.717) is 11.1 Å². The van der Waals surface area contributed by atoms with E-state index in [2.05, 4.69) is 60.5 Å². The van der Waals surface area contributed by atoms with Gasteiger partial charge in [-0.05, 0) is 77.5 Å². The molecule has 0 atom stereocenters. The normalized spacial score (nSPS) is 12.3. The van der Waals surface area contributed by atoms with Crippen LogP contribution in [0.1, 0.15) is 22.2 Å². The van der Waals surface area contributed by atoms with Crippen molar-refractivity contribution in [1.29, 1.82) is 0 Å². The van der Waals surface area contributed by atoms with Gasteiger partial charge in [0.15, 0.2) is 12.4 Å². The molecular weight excluding hydrogens is 350 g/mol. The minimum absolute atomic E-state index is 0.303. The fourth-order valence-electron chi connectivity index (χ4n) is 3.53. The van der Waals surface area contributed by atoms with Gasteiger partial charge in [-0.15, -0.1) is 5.92 Å². The Morgan fingerprint density at radius 3 is 1.97 bits per heavy atom. The monoisotopic (exact) mass is 377 g/mol. The van der Waals surface area contributed by atoms with E-state index in [9.17, 15) is 0 Å². The Kier molecular flexibility index (Phi) is 4.31. The highest BCUT2D eigenvalue weighted by Gasteiger charge is 2.07. The van der Waals surface area contributed by atoms with Gasteiger partial charge in [-0.1, -0.05) is 48.4 Å². The summed E-state index contributed by atoms with van der Waals surface area (Å²) >= 11 is 0. The third-order valence-corrected chi connectivity index (χ3v) is 4.87. The highest BCUT2D eigenvalue weighted by atomic mass is 14.9. The SMILES string of the molecule is [2H]C([2H])([2H])c1cc(C#CC)cc(-c2cccc(-c3cccc(-c4ccc[n+](C)c4)c3)c2)c1. The highest BCUT2D eigenvalue weighted by Crippen LogP contribution is 2.30. The topological polar surface area (TPSA) is 3.88 Å². The molecule has 0 saturated carbocycles. The van der Waals surface area contributed by atoms with Crippen molar-refractivity contribution in [3.05, 3.63) is 102 Å². The lowest BCUT2D eigenvalue weighted by atomic mass is 9.95. The molecule has 0 aliphatic heterocycles. The molecule has 1 nitrogen and oxygen atoms in total. The fourth-order valence-corrected chi connectivity index (χ4v) is 3.53. The maximum absolute atomic E-state index is 7.84. The van der Waals surface area contributed by atoms with Gasteiger partial charge in [-0.2, -0.15) is 0 Å². The standard InChI is InChI=1S/C28H24N/c1-4-8-22-15-21(2)16-28(17-22)26-12-6-10-24(19-26)23-9-5-11-25(18-23)27-13-7-14-29(3)20-27/h5-7,9-20H,1-3H3/q+1/i2D3. The van der Waals surface area contributed by atoms with Crippen LogP contribution in [0.25, 0.3) is 33.4 Å². The summed E-state index contributed by atoms with van der Waals surface area (Å²) in [6.07, 6.45) is 4.12. The third-order valence-electron chi connectivity index (χ3n) is 4.87. The molecule has 0 bridgehead atoms. The Balaban J connectivity index is 1.78. The number of aromatic nitrogens is 1. The third kappa shape index (κ3) is 4.28. The van der Waals surface area contributed by atoms with E-state index in [1.165, 1.54) is 0 Å². The summed E-state index contributed by atoms with van der Waals surface area (Å²) in [7, 11) is 2.02. The van der Waals surface area contributed by atoms with Gasteiger partial charge in [-0.3, -0.25) is 0 Å². The molecule has 4 rings (SSSR count). The molecule has 140 valence electrons. The van der Waals surface area contributed by atoms with E-state index < -0.39 is 6.85 Å². The van der Waals surface area contributed by atoms with Crippen molar-refractivity contribution in [2.45, 2.75) is 13.8 Å². The summed E-state index contributed by atoms with van der Waals surface area (Å²) in [6.45, 7) is -0.431. The van der Waals surface area contributed by atoms with Crippen LogP contribution >= 0.6 is 0 Å². The van der Waals surface area contributed by atoms with E-state index in [1.807, 2.05) is 42.1 Å². The van der Waals surface area contributed by atoms with E-state index in [4.69, 9.17) is 4.11 Å². The number of pyridine rings is 1. The van der Waals surface area contributed by atoms with E-state index in [1.54, 1.807) is 19.1 Å². The highest BCUT2D eigenvalue weighted by molar-refractivity contribution is 5.77. The molecular formula is C28H24N+. The van der Waals surface area contributed by atoms with Gasteiger partial charge in [0.25, 0.3) is 0 Å². The van der Waals surface area contributed by atoms with Gasteiger partial charge in [0.1, 0.15) is 7.05 Å². The van der Waals surface area contributed by atoms with Gasteiger partial charge in [0.2, 0.25) is 0 Å². The van der Waals surface area contributed by atoms with Crippen molar-refractivity contribution in [2.24, 2.45) is 7.05 Å². The summed E-state index contributed by atoms with van der Waals surface area (Å²) in [5.41, 5.74) is 7.31. The van der Waals surface area contributed by atoms with Crippen LogP contribution in [0.5, 0.6) is 0 Å². The first-order valence-corrected chi connectivity index (χ1v) is 9.58. The summed E-state index contributed by atoms with van der Waals surface area (Å²) < 4.78 is 25.6. The Hall–Kier alpha value is -3.63. The molecule has 0 unspecified atom stereocenters. The predicted molar refractivity (Wildman–Crippen MR) is 121 cm³/mol. The lowest BCUT2D eigenvalue weighted by molar-refractivity contribution is -0.671. The molecule has 1 heteroatoms. The molecule has 0 saturated heterocycles. The van der Waals surface area contributed by atoms with Crippen LogP contribution in [0, 0.1) is 18.7 Å². The van der Waals surface area contributed by atoms with Crippen LogP contribution in [0.3, 0.4) is 0 Å². The molecule has 0 fully saturated rings. The van der Waals surface area contributed by atoms with E-state index >= 15 is 0 Å². The number of hydrogen-bond donors (Lipinski definition) is 0. The largest absolute Gasteiger partial charge is 0.207 e. The number of nitrogens with zero attached hydrogens (tertiary/aromatic N) is 1. The van der Waals surface area contributed by atoms with Crippen LogP contribution < -0.4 is 4.57 Å². The molecule has 0 aliphatic rings. The first-order chi connectivity index (χ1) is 15.3. The molecule has 3 aromatic carbocycles. The number of rotatable bonds is 3. The molecule has 0 amide bonds. The zero-order valence-electron chi connectivity index (χ0n) is 19.6. The maximum atomic E-state index is 7.84. The van der Waals surface area contributed by atoms with Crippen LogP contribution in [-0.4, -0.2) is 0 Å². The quantitative estimate of drug-likeness (QED) is 0.296. The van der Waals surface area contributed by atoms with E-state index in [0.717, 1.165) is 33.4 Å². The van der Waals surface area contributed by atoms with Gasteiger partial charge in [0, 0.05) is 21.3 Å². The fraction of sp³-hybridized carbons (Fsp3) is 0.107. The van der Waals surface area contributed by atoms with Crippen molar-refractivity contribution >= 4 is 0 Å². The number of aryl methyl sites for hydroxylation is 2. The minimum Gasteiger partial charge on any atom is -0.207 e. The Morgan fingerprint density at radius 2 is 1.34 bits per heavy atom. The van der Waals surface area contributed by atoms with Crippen LogP contribution in [0.4, 0.5) is 0 Å². The number of benzene rings is 3. The Bertz CT molecular complexity index is 1340. The van der Waals surface area contributed by atoms with Crippen LogP contribution in [-0.2, 0) is 7.05 Å². The van der Waals surface area contributed by atoms with Crippen molar-refractivity contribution in [3.63, 3.8) is 0 Å². The second-order valence-electron chi connectivity index (χ2n) is 7.09. The summed E-state index contributed by atoms with van der Waals surface area (Å²) in [4.78, 5) is 0. The average Bonchev–Trinajstić information content (AvgIpc) is 2.79. The minimum atomic E-state index is -2.18. The molecule has 29 heavy (non-hydrogen) atoms. The van der Waals surface area contributed by atoms with Crippen molar-refractivity contribution < 1.29 is 8.68 Å². The second-order valence-corrected chi connectivity index (χ2v) is 7.09. The molecule has 0 aliphatic carbocycles. The summed E-state index contributed by atoms with van der Waals surface area (Å²) in [5, 5.41) is 0. The first-order valence-electron chi connectivity index (χ1n) is 11.1. The Morgan fingerprint density at radius 1 is 0.724 bits per heavy atom. The molecule has 1 aromatic heterocycles. The molecule has 0 radical (unpaired) electrons. The van der Waals surface area contributed by atoms with Gasteiger partial charge >= 0.3 is 0 Å². The molecule has 4 aromatic rings. The van der Waals surface area contributed by atoms with Crippen molar-refractivity contribution in [2.75, 3.05) is 0 Å². The van der Waals surface area contributed by atoms with Crippen molar-refractivity contribution in [1.82, 2.24) is 0 Å². The number of hydrogen-bond acceptors (Lipinski definition) is 0. The zero-order valence-corrected chi connectivity index (χ0v) is 16.6. The molecule has 1 heterocycles.